The number of nitro groups is 1. The lowest BCUT2D eigenvalue weighted by Gasteiger charge is -2.09. The van der Waals surface area contributed by atoms with Gasteiger partial charge in [-0.05, 0) is 31.5 Å². The van der Waals surface area contributed by atoms with E-state index in [9.17, 15) is 15.2 Å². The van der Waals surface area contributed by atoms with Crippen molar-refractivity contribution in [1.82, 2.24) is 9.97 Å². The predicted molar refractivity (Wildman–Crippen MR) is 78.8 cm³/mol. The van der Waals surface area contributed by atoms with Crippen LogP contribution in [0.2, 0.25) is 5.15 Å². The van der Waals surface area contributed by atoms with Gasteiger partial charge >= 0.3 is 5.69 Å². The molecule has 8 heteroatoms. The van der Waals surface area contributed by atoms with Crippen molar-refractivity contribution in [1.29, 1.82) is 0 Å². The third-order valence-electron chi connectivity index (χ3n) is 2.79. The van der Waals surface area contributed by atoms with Crippen LogP contribution in [0.1, 0.15) is 24.4 Å². The summed E-state index contributed by atoms with van der Waals surface area (Å²) in [6.07, 6.45) is -0.580. The van der Waals surface area contributed by atoms with Crippen LogP contribution < -0.4 is 5.32 Å². The van der Waals surface area contributed by atoms with Crippen LogP contribution in [0.25, 0.3) is 0 Å². The molecule has 2 rings (SSSR count). The molecule has 0 fully saturated rings. The largest absolute Gasteiger partial charge is 0.389 e. The summed E-state index contributed by atoms with van der Waals surface area (Å²) in [6, 6.07) is 6.82. The second-order valence-corrected chi connectivity index (χ2v) is 4.80. The van der Waals surface area contributed by atoms with Crippen LogP contribution in [0, 0.1) is 17.0 Å². The summed E-state index contributed by atoms with van der Waals surface area (Å²) >= 11 is 5.80. The van der Waals surface area contributed by atoms with E-state index in [4.69, 9.17) is 11.6 Å². The topological polar surface area (TPSA) is 101 Å². The van der Waals surface area contributed by atoms with E-state index in [1.165, 1.54) is 0 Å². The maximum Gasteiger partial charge on any atom is 0.348 e. The Morgan fingerprint density at radius 1 is 1.33 bits per heavy atom. The zero-order valence-corrected chi connectivity index (χ0v) is 12.1. The monoisotopic (exact) mass is 308 g/mol. The fraction of sp³-hybridized carbons (Fsp3) is 0.231. The Balaban J connectivity index is 2.37. The summed E-state index contributed by atoms with van der Waals surface area (Å²) in [5, 5.41) is 23.1. The molecule has 21 heavy (non-hydrogen) atoms. The first kappa shape index (κ1) is 15.1. The Kier molecular flexibility index (Phi) is 4.35. The average Bonchev–Trinajstić information content (AvgIpc) is 2.37. The molecule has 0 bridgehead atoms. The van der Waals surface area contributed by atoms with E-state index in [0.717, 1.165) is 5.56 Å². The smallest absolute Gasteiger partial charge is 0.348 e. The molecule has 0 aliphatic rings. The highest BCUT2D eigenvalue weighted by Crippen LogP contribution is 2.31. The number of hydrogen-bond donors (Lipinski definition) is 2. The fourth-order valence-electron chi connectivity index (χ4n) is 1.76. The van der Waals surface area contributed by atoms with Crippen LogP contribution >= 0.6 is 11.6 Å². The van der Waals surface area contributed by atoms with Gasteiger partial charge in [-0.3, -0.25) is 10.1 Å². The Morgan fingerprint density at radius 3 is 2.48 bits per heavy atom. The number of rotatable bonds is 4. The molecular weight excluding hydrogens is 296 g/mol. The van der Waals surface area contributed by atoms with E-state index in [-0.39, 0.29) is 16.7 Å². The number of nitrogens with one attached hydrogen (secondary N) is 1. The van der Waals surface area contributed by atoms with Gasteiger partial charge < -0.3 is 10.4 Å². The van der Waals surface area contributed by atoms with Crippen molar-refractivity contribution < 1.29 is 10.0 Å². The van der Waals surface area contributed by atoms with Crippen LogP contribution in [0.3, 0.4) is 0 Å². The van der Waals surface area contributed by atoms with Crippen LogP contribution in [0.5, 0.6) is 0 Å². The van der Waals surface area contributed by atoms with Crippen LogP contribution in [-0.4, -0.2) is 20.0 Å². The molecule has 1 aromatic carbocycles. The van der Waals surface area contributed by atoms with Gasteiger partial charge in [0.25, 0.3) is 0 Å². The number of aliphatic hydroxyl groups excluding tert-OH is 1. The average molecular weight is 309 g/mol. The fourth-order valence-corrected chi connectivity index (χ4v) is 2.04. The van der Waals surface area contributed by atoms with Crippen molar-refractivity contribution in [2.75, 3.05) is 5.32 Å². The number of anilines is 2. The normalized spacial score (nSPS) is 12.0. The standard InChI is InChI=1S/C13H13ClN4O3/c1-7(19)9-3-5-10(6-4-9)17-13-11(18(20)21)12(14)15-8(2)16-13/h3-7,19H,1-2H3,(H,15,16,17). The molecule has 0 aliphatic carbocycles. The molecular formula is C13H13ClN4O3. The second kappa shape index (κ2) is 6.02. The minimum atomic E-state index is -0.631. The summed E-state index contributed by atoms with van der Waals surface area (Å²) in [4.78, 5) is 18.2. The van der Waals surface area contributed by atoms with Gasteiger partial charge in [0, 0.05) is 5.69 Å². The van der Waals surface area contributed by atoms with Crippen LogP contribution in [-0.2, 0) is 0 Å². The van der Waals surface area contributed by atoms with Crippen molar-refractivity contribution in [3.8, 4) is 0 Å². The highest BCUT2D eigenvalue weighted by molar-refractivity contribution is 6.31. The molecule has 0 saturated heterocycles. The summed E-state index contributed by atoms with van der Waals surface area (Å²) in [5.74, 6) is 0.357. The van der Waals surface area contributed by atoms with Gasteiger partial charge in [0.15, 0.2) is 0 Å². The number of aryl methyl sites for hydroxylation is 1. The van der Waals surface area contributed by atoms with E-state index >= 15 is 0 Å². The van der Waals surface area contributed by atoms with Gasteiger partial charge in [0.2, 0.25) is 11.0 Å². The first-order valence-electron chi connectivity index (χ1n) is 6.12. The number of benzene rings is 1. The zero-order chi connectivity index (χ0) is 15.6. The molecule has 0 amide bonds. The van der Waals surface area contributed by atoms with Crippen molar-refractivity contribution >= 4 is 28.8 Å². The Hall–Kier alpha value is -2.25. The molecule has 1 aromatic heterocycles. The molecule has 0 radical (unpaired) electrons. The summed E-state index contributed by atoms with van der Waals surface area (Å²) in [7, 11) is 0. The van der Waals surface area contributed by atoms with Crippen molar-refractivity contribution in [3.05, 3.63) is 50.9 Å². The SMILES string of the molecule is Cc1nc(Cl)c([N+](=O)[O-])c(Nc2ccc(C(C)O)cc2)n1. The van der Waals surface area contributed by atoms with Gasteiger partial charge in [-0.2, -0.15) is 0 Å². The van der Waals surface area contributed by atoms with Crippen LogP contribution in [0.15, 0.2) is 24.3 Å². The minimum Gasteiger partial charge on any atom is -0.389 e. The summed E-state index contributed by atoms with van der Waals surface area (Å²) in [5.41, 5.74) is 0.963. The van der Waals surface area contributed by atoms with Gasteiger partial charge in [0.1, 0.15) is 5.82 Å². The molecule has 1 unspecified atom stereocenters. The number of aromatic nitrogens is 2. The molecule has 0 saturated carbocycles. The first-order chi connectivity index (χ1) is 9.88. The molecule has 110 valence electrons. The molecule has 2 aromatic rings. The highest BCUT2D eigenvalue weighted by atomic mass is 35.5. The maximum atomic E-state index is 11.1. The van der Waals surface area contributed by atoms with Crippen molar-refractivity contribution in [2.45, 2.75) is 20.0 Å². The third-order valence-corrected chi connectivity index (χ3v) is 3.06. The van der Waals surface area contributed by atoms with E-state index in [2.05, 4.69) is 15.3 Å². The number of aliphatic hydroxyl groups is 1. The van der Waals surface area contributed by atoms with E-state index in [0.29, 0.717) is 11.5 Å². The molecule has 1 heterocycles. The number of hydrogen-bond acceptors (Lipinski definition) is 6. The summed E-state index contributed by atoms with van der Waals surface area (Å²) in [6.45, 7) is 3.25. The number of halogens is 1. The van der Waals surface area contributed by atoms with Crippen molar-refractivity contribution in [2.24, 2.45) is 0 Å². The minimum absolute atomic E-state index is 0.0299. The quantitative estimate of drug-likeness (QED) is 0.511. The predicted octanol–water partition coefficient (Wildman–Crippen LogP) is 3.14. The van der Waals surface area contributed by atoms with Gasteiger partial charge in [-0.1, -0.05) is 23.7 Å². The number of nitrogens with zero attached hydrogens (tertiary/aromatic N) is 3. The van der Waals surface area contributed by atoms with Gasteiger partial charge in [-0.25, -0.2) is 9.97 Å². The van der Waals surface area contributed by atoms with Gasteiger partial charge in [-0.15, -0.1) is 0 Å². The molecule has 0 spiro atoms. The summed E-state index contributed by atoms with van der Waals surface area (Å²) < 4.78 is 0. The maximum absolute atomic E-state index is 11.1. The first-order valence-corrected chi connectivity index (χ1v) is 6.50. The molecule has 2 N–H and O–H groups in total. The lowest BCUT2D eigenvalue weighted by molar-refractivity contribution is -0.384. The second-order valence-electron chi connectivity index (χ2n) is 4.44. The molecule has 0 aliphatic heterocycles. The lowest BCUT2D eigenvalue weighted by atomic mass is 10.1. The van der Waals surface area contributed by atoms with Gasteiger partial charge in [0.05, 0.1) is 11.0 Å². The highest BCUT2D eigenvalue weighted by Gasteiger charge is 2.22. The van der Waals surface area contributed by atoms with Crippen molar-refractivity contribution in [3.63, 3.8) is 0 Å². The Bertz CT molecular complexity index is 674. The zero-order valence-electron chi connectivity index (χ0n) is 11.4. The van der Waals surface area contributed by atoms with E-state index < -0.39 is 11.0 Å². The Morgan fingerprint density at radius 2 is 1.95 bits per heavy atom. The van der Waals surface area contributed by atoms with E-state index in [1.54, 1.807) is 38.1 Å². The molecule has 1 atom stereocenters. The Labute approximate surface area is 125 Å². The third kappa shape index (κ3) is 3.45. The lowest BCUT2D eigenvalue weighted by Crippen LogP contribution is -2.04. The van der Waals surface area contributed by atoms with E-state index in [1.807, 2.05) is 0 Å². The molecule has 7 nitrogen and oxygen atoms in total. The van der Waals surface area contributed by atoms with Crippen LogP contribution in [0.4, 0.5) is 17.2 Å².